The number of anilines is 1. The monoisotopic (exact) mass is 382 g/mol. The lowest BCUT2D eigenvalue weighted by atomic mass is 10.0. The van der Waals surface area contributed by atoms with E-state index in [2.05, 4.69) is 34.4 Å². The highest BCUT2D eigenvalue weighted by molar-refractivity contribution is 5.91. The normalized spacial score (nSPS) is 15.3. The Hall–Kier alpha value is -2.83. The topological polar surface area (TPSA) is 87.4 Å². The zero-order valence-corrected chi connectivity index (χ0v) is 16.9. The molecule has 1 aromatic carbocycles. The number of amides is 1. The summed E-state index contributed by atoms with van der Waals surface area (Å²) in [5.74, 6) is 1.06. The lowest BCUT2D eigenvalue weighted by Crippen LogP contribution is -2.40. The van der Waals surface area contributed by atoms with E-state index in [4.69, 9.17) is 15.7 Å². The van der Waals surface area contributed by atoms with E-state index in [9.17, 15) is 4.79 Å². The molecule has 3 rings (SSSR count). The van der Waals surface area contributed by atoms with Gasteiger partial charge in [0.25, 0.3) is 0 Å². The molecule has 0 fully saturated rings. The molecule has 0 bridgehead atoms. The van der Waals surface area contributed by atoms with Crippen LogP contribution in [0, 0.1) is 5.92 Å². The summed E-state index contributed by atoms with van der Waals surface area (Å²) < 4.78 is 0. The van der Waals surface area contributed by atoms with Gasteiger partial charge in [-0.3, -0.25) is 4.79 Å². The predicted molar refractivity (Wildman–Crippen MR) is 112 cm³/mol. The van der Waals surface area contributed by atoms with Crippen LogP contribution in [0.2, 0.25) is 0 Å². The first-order valence-electron chi connectivity index (χ1n) is 9.96. The molecule has 0 unspecified atom stereocenters. The molecule has 1 aliphatic rings. The number of hydrogen-bond donors (Lipinski definition) is 2. The van der Waals surface area contributed by atoms with Gasteiger partial charge in [0.15, 0.2) is 5.82 Å². The van der Waals surface area contributed by atoms with Gasteiger partial charge in [-0.05, 0) is 24.5 Å². The molecule has 0 saturated heterocycles. The smallest absolute Gasteiger partial charge is 0.240 e. The van der Waals surface area contributed by atoms with Crippen LogP contribution in [-0.4, -0.2) is 51.4 Å². The summed E-state index contributed by atoms with van der Waals surface area (Å²) in [5, 5.41) is 4.14. The first kappa shape index (κ1) is 19.9. The zero-order chi connectivity index (χ0) is 20.1. The predicted octanol–water partition coefficient (Wildman–Crippen LogP) is 2.55. The first-order valence-corrected chi connectivity index (χ1v) is 9.96. The molecule has 28 heavy (non-hydrogen) atoms. The highest BCUT2D eigenvalue weighted by Crippen LogP contribution is 2.23. The van der Waals surface area contributed by atoms with E-state index < -0.39 is 6.04 Å². The Kier molecular flexibility index (Phi) is 6.34. The quantitative estimate of drug-likeness (QED) is 0.730. The van der Waals surface area contributed by atoms with Gasteiger partial charge in [0.2, 0.25) is 5.91 Å². The number of nitrogens with two attached hydrogens (primary N) is 1. The lowest BCUT2D eigenvalue weighted by molar-refractivity contribution is -0.119. The summed E-state index contributed by atoms with van der Waals surface area (Å²) >= 11 is 0. The summed E-state index contributed by atoms with van der Waals surface area (Å²) in [5.41, 5.74) is 6.44. The number of aromatic nitrogens is 2. The van der Waals surface area contributed by atoms with Gasteiger partial charge >= 0.3 is 0 Å². The average Bonchev–Trinajstić information content (AvgIpc) is 2.67. The molecule has 2 heterocycles. The Labute approximate surface area is 166 Å². The largest absolute Gasteiger partial charge is 0.374 e. The fourth-order valence-electron chi connectivity index (χ4n) is 3.40. The van der Waals surface area contributed by atoms with E-state index in [1.54, 1.807) is 0 Å². The highest BCUT2D eigenvalue weighted by atomic mass is 16.1. The van der Waals surface area contributed by atoms with Crippen molar-refractivity contribution in [2.45, 2.75) is 39.8 Å². The van der Waals surface area contributed by atoms with Gasteiger partial charge in [0, 0.05) is 37.4 Å². The highest BCUT2D eigenvalue weighted by Gasteiger charge is 2.21. The van der Waals surface area contributed by atoms with Crippen LogP contribution in [0.4, 0.5) is 5.82 Å². The molecular formula is C21H30N6O. The van der Waals surface area contributed by atoms with Gasteiger partial charge in [-0.15, -0.1) is 0 Å². The van der Waals surface area contributed by atoms with Crippen LogP contribution in [0.1, 0.15) is 33.0 Å². The molecular weight excluding hydrogens is 352 g/mol. The number of hydrogen-bond acceptors (Lipinski definition) is 6. The minimum absolute atomic E-state index is 0.0595. The van der Waals surface area contributed by atoms with Crippen molar-refractivity contribution in [1.82, 2.24) is 19.8 Å². The minimum atomic E-state index is -0.483. The maximum Gasteiger partial charge on any atom is 0.240 e. The van der Waals surface area contributed by atoms with Crippen molar-refractivity contribution < 1.29 is 4.79 Å². The molecule has 3 N–H and O–H groups in total. The molecule has 0 radical (unpaired) electrons. The maximum atomic E-state index is 11.9. The summed E-state index contributed by atoms with van der Waals surface area (Å²) in [4.78, 5) is 25.9. The summed E-state index contributed by atoms with van der Waals surface area (Å²) in [7, 11) is 0. The van der Waals surface area contributed by atoms with E-state index in [1.165, 1.54) is 0 Å². The van der Waals surface area contributed by atoms with Crippen molar-refractivity contribution in [3.8, 4) is 0 Å². The average molecular weight is 383 g/mol. The molecule has 0 saturated carbocycles. The molecule has 1 atom stereocenters. The van der Waals surface area contributed by atoms with E-state index in [-0.39, 0.29) is 11.8 Å². The van der Waals surface area contributed by atoms with Gasteiger partial charge in [0.1, 0.15) is 11.9 Å². The third kappa shape index (κ3) is 4.71. The number of rotatable bonds is 8. The van der Waals surface area contributed by atoms with Crippen molar-refractivity contribution >= 4 is 22.6 Å². The Morgan fingerprint density at radius 1 is 1.18 bits per heavy atom. The van der Waals surface area contributed by atoms with E-state index in [0.717, 1.165) is 42.8 Å². The van der Waals surface area contributed by atoms with E-state index >= 15 is 0 Å². The van der Waals surface area contributed by atoms with Crippen molar-refractivity contribution in [3.05, 3.63) is 42.5 Å². The summed E-state index contributed by atoms with van der Waals surface area (Å²) in [6, 6.07) is 7.35. The van der Waals surface area contributed by atoms with Crippen molar-refractivity contribution in [2.24, 2.45) is 11.7 Å². The minimum Gasteiger partial charge on any atom is -0.374 e. The number of carbonyl (C=O) groups excluding carboxylic acids is 1. The lowest BCUT2D eigenvalue weighted by Gasteiger charge is -2.30. The van der Waals surface area contributed by atoms with Crippen LogP contribution >= 0.6 is 0 Å². The van der Waals surface area contributed by atoms with Gasteiger partial charge in [0.05, 0.1) is 12.1 Å². The zero-order valence-electron chi connectivity index (χ0n) is 16.9. The Morgan fingerprint density at radius 2 is 1.89 bits per heavy atom. The number of carbonyl (C=O) groups is 1. The third-order valence-corrected chi connectivity index (χ3v) is 4.93. The molecule has 7 nitrogen and oxygen atoms in total. The third-order valence-electron chi connectivity index (χ3n) is 4.93. The maximum absolute atomic E-state index is 11.9. The Bertz CT molecular complexity index is 850. The Morgan fingerprint density at radius 3 is 2.54 bits per heavy atom. The second kappa shape index (κ2) is 8.91. The molecule has 1 aliphatic heterocycles. The first-order chi connectivity index (χ1) is 13.5. The van der Waals surface area contributed by atoms with Gasteiger partial charge in [-0.2, -0.15) is 0 Å². The number of fused-ring (bicyclic) bond motifs is 1. The van der Waals surface area contributed by atoms with Gasteiger partial charge < -0.3 is 20.9 Å². The van der Waals surface area contributed by atoms with Crippen LogP contribution in [0.25, 0.3) is 10.9 Å². The van der Waals surface area contributed by atoms with Gasteiger partial charge in [-0.1, -0.05) is 32.9 Å². The van der Waals surface area contributed by atoms with Crippen LogP contribution in [0.5, 0.6) is 0 Å². The molecule has 7 heteroatoms. The fourth-order valence-corrected chi connectivity index (χ4v) is 3.40. The number of nitrogens with zero attached hydrogens (tertiary/aromatic N) is 4. The van der Waals surface area contributed by atoms with Crippen molar-refractivity contribution in [1.29, 1.82) is 0 Å². The Balaban J connectivity index is 1.86. The second-order valence-corrected chi connectivity index (χ2v) is 7.58. The molecule has 0 aliphatic carbocycles. The standard InChI is InChI=1S/C21H30N6O/c1-4-9-26-10-12-27(13-11-26)14-18-23-17-8-6-5-7-16(17)21(24-18)25-19(15(2)3)20(22)28/h5-8,10,12,15,19H,4,9,11,13-14H2,1-3H3,(H2,22,28)(H,23,24,25)/t19-/m0/s1. The SMILES string of the molecule is CCCN1C=CN(Cc2nc(N[C@H](C(N)=O)C(C)C)c3ccccc3n2)CC1. The summed E-state index contributed by atoms with van der Waals surface area (Å²) in [6.07, 6.45) is 5.38. The van der Waals surface area contributed by atoms with Gasteiger partial charge in [-0.25, -0.2) is 9.97 Å². The van der Waals surface area contributed by atoms with Crippen LogP contribution in [0.3, 0.4) is 0 Å². The molecule has 2 aromatic rings. The number of para-hydroxylation sites is 1. The van der Waals surface area contributed by atoms with E-state index in [0.29, 0.717) is 12.4 Å². The number of nitrogens with one attached hydrogen (secondary N) is 1. The van der Waals surface area contributed by atoms with Crippen LogP contribution in [0.15, 0.2) is 36.7 Å². The molecule has 0 spiro atoms. The number of benzene rings is 1. The summed E-state index contributed by atoms with van der Waals surface area (Å²) in [6.45, 7) is 9.76. The number of primary amides is 1. The fraction of sp³-hybridized carbons (Fsp3) is 0.476. The van der Waals surface area contributed by atoms with Crippen molar-refractivity contribution in [2.75, 3.05) is 25.0 Å². The molecule has 1 aromatic heterocycles. The van der Waals surface area contributed by atoms with Crippen molar-refractivity contribution in [3.63, 3.8) is 0 Å². The second-order valence-electron chi connectivity index (χ2n) is 7.58. The van der Waals surface area contributed by atoms with E-state index in [1.807, 2.05) is 38.1 Å². The molecule has 1 amide bonds. The molecule has 150 valence electrons. The van der Waals surface area contributed by atoms with Crippen LogP contribution in [-0.2, 0) is 11.3 Å². The van der Waals surface area contributed by atoms with Crippen LogP contribution < -0.4 is 11.1 Å².